The third kappa shape index (κ3) is 2.82. The molecule has 0 bridgehead atoms. The molecule has 0 spiro atoms. The Balaban J connectivity index is 2.25. The van der Waals surface area contributed by atoms with Crippen molar-refractivity contribution in [3.8, 4) is 17.2 Å². The van der Waals surface area contributed by atoms with Gasteiger partial charge in [-0.3, -0.25) is 14.4 Å². The summed E-state index contributed by atoms with van der Waals surface area (Å²) in [5.41, 5.74) is -1.29. The molecule has 0 unspecified atom stereocenters. The van der Waals surface area contributed by atoms with Crippen LogP contribution in [0, 0.1) is 6.92 Å². The van der Waals surface area contributed by atoms with Crippen LogP contribution in [0.25, 0.3) is 0 Å². The molecular formula is C21H23NO7. The van der Waals surface area contributed by atoms with Gasteiger partial charge in [-0.15, -0.1) is 0 Å². The fraction of sp³-hybridized carbons (Fsp3) is 0.381. The lowest BCUT2D eigenvalue weighted by Crippen LogP contribution is -2.41. The molecule has 0 aromatic heterocycles. The minimum absolute atomic E-state index is 0.00259. The Hall–Kier alpha value is -3.13. The predicted molar refractivity (Wildman–Crippen MR) is 103 cm³/mol. The van der Waals surface area contributed by atoms with Crippen LogP contribution in [0.4, 0.5) is 0 Å². The minimum atomic E-state index is -1.52. The number of phenolic OH excluding ortho intramolecular Hbond substituents is 2. The lowest BCUT2D eigenvalue weighted by molar-refractivity contribution is -0.123. The van der Waals surface area contributed by atoms with Crippen LogP contribution in [-0.2, 0) is 15.0 Å². The van der Waals surface area contributed by atoms with Gasteiger partial charge in [0, 0.05) is 30.5 Å². The summed E-state index contributed by atoms with van der Waals surface area (Å²) in [6, 6.07) is 0. The van der Waals surface area contributed by atoms with Gasteiger partial charge in [0.25, 0.3) is 0 Å². The lowest BCUT2D eigenvalue weighted by atomic mass is 9.70. The van der Waals surface area contributed by atoms with Gasteiger partial charge in [-0.1, -0.05) is 0 Å². The van der Waals surface area contributed by atoms with Crippen LogP contribution < -0.4 is 10.1 Å². The Morgan fingerprint density at radius 3 is 2.45 bits per heavy atom. The number of nitrogens with one attached hydrogen (secondary N) is 1. The molecule has 1 heterocycles. The molecule has 4 N–H and O–H groups in total. The second kappa shape index (κ2) is 7.04. The number of hydrogen-bond donors (Lipinski definition) is 4. The fourth-order valence-electron chi connectivity index (χ4n) is 3.81. The number of Topliss-reactive ketones (excluding diaryl/α,β-unsaturated/α-hetero) is 2. The van der Waals surface area contributed by atoms with Crippen molar-refractivity contribution < 1.29 is 34.4 Å². The van der Waals surface area contributed by atoms with E-state index in [2.05, 4.69) is 5.32 Å². The van der Waals surface area contributed by atoms with Gasteiger partial charge in [-0.25, -0.2) is 0 Å². The smallest absolute Gasteiger partial charge is 0.194 e. The van der Waals surface area contributed by atoms with Crippen molar-refractivity contribution in [3.05, 3.63) is 39.8 Å². The Morgan fingerprint density at radius 1 is 1.21 bits per heavy atom. The highest BCUT2D eigenvalue weighted by atomic mass is 16.5. The highest BCUT2D eigenvalue weighted by molar-refractivity contribution is 6.31. The van der Waals surface area contributed by atoms with Crippen molar-refractivity contribution in [1.29, 1.82) is 0 Å². The van der Waals surface area contributed by atoms with Gasteiger partial charge in [0.05, 0.1) is 11.1 Å². The van der Waals surface area contributed by atoms with Crippen LogP contribution in [0.5, 0.6) is 17.2 Å². The highest BCUT2D eigenvalue weighted by Crippen LogP contribution is 2.57. The molecule has 154 valence electrons. The fourth-order valence-corrected chi connectivity index (χ4v) is 3.81. The van der Waals surface area contributed by atoms with Gasteiger partial charge in [0.1, 0.15) is 34.0 Å². The molecule has 3 rings (SSSR count). The summed E-state index contributed by atoms with van der Waals surface area (Å²) in [7, 11) is 0. The van der Waals surface area contributed by atoms with Crippen LogP contribution in [0.3, 0.4) is 0 Å². The molecule has 8 nitrogen and oxygen atoms in total. The zero-order valence-corrected chi connectivity index (χ0v) is 16.7. The monoisotopic (exact) mass is 401 g/mol. The normalized spacial score (nSPS) is 21.9. The van der Waals surface area contributed by atoms with Crippen LogP contribution in [0.15, 0.2) is 23.1 Å². The van der Waals surface area contributed by atoms with E-state index in [-0.39, 0.29) is 46.1 Å². The van der Waals surface area contributed by atoms with E-state index in [1.165, 1.54) is 26.8 Å². The first-order valence-electron chi connectivity index (χ1n) is 9.21. The zero-order chi connectivity index (χ0) is 21.7. The Labute approximate surface area is 167 Å². The maximum absolute atomic E-state index is 13.5. The van der Waals surface area contributed by atoms with Crippen molar-refractivity contribution in [2.24, 2.45) is 0 Å². The summed E-state index contributed by atoms with van der Waals surface area (Å²) in [6.07, 6.45) is 1.61. The second-order valence-electron chi connectivity index (χ2n) is 7.39. The lowest BCUT2D eigenvalue weighted by Gasteiger charge is -2.29. The van der Waals surface area contributed by atoms with Crippen molar-refractivity contribution in [2.45, 2.75) is 39.5 Å². The molecule has 0 saturated heterocycles. The van der Waals surface area contributed by atoms with E-state index in [4.69, 9.17) is 9.84 Å². The number of carbonyl (C=O) groups excluding carboxylic acids is 3. The Morgan fingerprint density at radius 2 is 1.86 bits per heavy atom. The van der Waals surface area contributed by atoms with E-state index in [0.29, 0.717) is 18.7 Å². The number of carbonyl (C=O) groups is 3. The summed E-state index contributed by atoms with van der Waals surface area (Å²) in [5, 5.41) is 32.9. The Kier molecular flexibility index (Phi) is 5.00. The number of rotatable bonds is 5. The summed E-state index contributed by atoms with van der Waals surface area (Å²) in [4.78, 5) is 38.2. The molecule has 0 amide bonds. The quantitative estimate of drug-likeness (QED) is 0.253. The summed E-state index contributed by atoms with van der Waals surface area (Å²) < 4.78 is 5.69. The average molecular weight is 401 g/mol. The summed E-state index contributed by atoms with van der Waals surface area (Å²) in [6.45, 7) is 6.11. The van der Waals surface area contributed by atoms with E-state index in [1.807, 2.05) is 0 Å². The average Bonchev–Trinajstić information content (AvgIpc) is 2.93. The Bertz CT molecular complexity index is 1020. The van der Waals surface area contributed by atoms with Crippen molar-refractivity contribution >= 4 is 17.3 Å². The van der Waals surface area contributed by atoms with Crippen LogP contribution >= 0.6 is 0 Å². The van der Waals surface area contributed by atoms with Gasteiger partial charge >= 0.3 is 0 Å². The topological polar surface area (TPSA) is 133 Å². The van der Waals surface area contributed by atoms with Crippen molar-refractivity contribution in [2.75, 3.05) is 13.2 Å². The van der Waals surface area contributed by atoms with Crippen LogP contribution in [0.2, 0.25) is 0 Å². The molecule has 0 saturated carbocycles. The minimum Gasteiger partial charge on any atom is -0.507 e. The zero-order valence-electron chi connectivity index (χ0n) is 16.7. The number of ketones is 3. The molecule has 0 fully saturated rings. The number of phenols is 2. The maximum Gasteiger partial charge on any atom is 0.194 e. The first-order valence-corrected chi connectivity index (χ1v) is 9.21. The van der Waals surface area contributed by atoms with Gasteiger partial charge in [0.2, 0.25) is 0 Å². The maximum atomic E-state index is 13.5. The molecule has 8 heteroatoms. The first kappa shape index (κ1) is 20.6. The van der Waals surface area contributed by atoms with E-state index in [0.717, 1.165) is 0 Å². The highest BCUT2D eigenvalue weighted by Gasteiger charge is 2.56. The van der Waals surface area contributed by atoms with Crippen LogP contribution in [-0.4, -0.2) is 45.8 Å². The molecule has 1 aromatic rings. The van der Waals surface area contributed by atoms with Gasteiger partial charge in [0.15, 0.2) is 17.3 Å². The largest absolute Gasteiger partial charge is 0.507 e. The number of benzene rings is 1. The third-order valence-corrected chi connectivity index (χ3v) is 5.48. The van der Waals surface area contributed by atoms with Gasteiger partial charge < -0.3 is 25.4 Å². The van der Waals surface area contributed by atoms with E-state index in [9.17, 15) is 24.6 Å². The number of aromatic hydroxyl groups is 2. The molecule has 1 aromatic carbocycles. The van der Waals surface area contributed by atoms with Crippen LogP contribution in [0.1, 0.15) is 48.7 Å². The standard InChI is InChI=1S/C21H23NO7/c1-9-17(26)15(11(3)24)19-16(18(9)27)21(4)13(29-19)8-12(25)14(20(21)28)10(2)22-6-5-7-23/h8,22-23,26-27H,5-7H2,1-4H3/b14-10+/t21-/m1/s1. The number of fused-ring (bicyclic) bond motifs is 3. The van der Waals surface area contributed by atoms with Crippen molar-refractivity contribution in [3.63, 3.8) is 0 Å². The molecule has 1 aliphatic carbocycles. The number of aliphatic hydroxyl groups excluding tert-OH is 1. The third-order valence-electron chi connectivity index (χ3n) is 5.48. The molecule has 0 radical (unpaired) electrons. The summed E-state index contributed by atoms with van der Waals surface area (Å²) in [5.74, 6) is -2.54. The van der Waals surface area contributed by atoms with E-state index >= 15 is 0 Å². The number of hydrogen-bond acceptors (Lipinski definition) is 8. The molecule has 2 aliphatic rings. The second-order valence-corrected chi connectivity index (χ2v) is 7.39. The SMILES string of the molecule is CC(=O)c1c(O)c(C)c(O)c2c1OC1=CC(=O)/C(=C(/C)NCCCO)C(=O)[C@]12C. The molecular weight excluding hydrogens is 378 g/mol. The number of aliphatic hydroxyl groups is 1. The summed E-state index contributed by atoms with van der Waals surface area (Å²) >= 11 is 0. The molecule has 1 aliphatic heterocycles. The number of ether oxygens (including phenoxy) is 1. The molecule has 29 heavy (non-hydrogen) atoms. The van der Waals surface area contributed by atoms with E-state index < -0.39 is 28.5 Å². The predicted octanol–water partition coefficient (Wildman–Crippen LogP) is 1.54. The van der Waals surface area contributed by atoms with Crippen molar-refractivity contribution in [1.82, 2.24) is 5.32 Å². The van der Waals surface area contributed by atoms with Gasteiger partial charge in [-0.2, -0.15) is 0 Å². The molecule has 1 atom stereocenters. The van der Waals surface area contributed by atoms with E-state index in [1.54, 1.807) is 6.92 Å². The van der Waals surface area contributed by atoms with Gasteiger partial charge in [-0.05, 0) is 34.1 Å². The first-order chi connectivity index (χ1) is 13.6. The number of allylic oxidation sites excluding steroid dienone is 4.